The number of sulfone groups is 1. The van der Waals surface area contributed by atoms with Gasteiger partial charge in [-0.3, -0.25) is 0 Å². The van der Waals surface area contributed by atoms with Crippen molar-refractivity contribution < 1.29 is 28.2 Å². The summed E-state index contributed by atoms with van der Waals surface area (Å²) in [5.74, 6) is -2.24. The Labute approximate surface area is 178 Å². The predicted molar refractivity (Wildman–Crippen MR) is 115 cm³/mol. The standard InChI is InChI=1S/C14H11NO2S.C9H8O4/c16-18(17,12-7-2-1-3-8-12)14-10-11-6-4-5-9-13(11)15-14;1-5-2-6(8(10)11)4-7(3-5)9(12)13/h1-10,15H;2-4H,1H3,(H,10,11)(H,12,13). The number of rotatable bonds is 4. The molecule has 4 aromatic rings. The van der Waals surface area contributed by atoms with E-state index in [1.165, 1.54) is 12.1 Å². The molecule has 0 bridgehead atoms. The number of aromatic carboxylic acids is 2. The van der Waals surface area contributed by atoms with Crippen molar-refractivity contribution in [3.05, 3.63) is 95.6 Å². The number of aromatic nitrogens is 1. The van der Waals surface area contributed by atoms with Gasteiger partial charge in [0, 0.05) is 10.9 Å². The van der Waals surface area contributed by atoms with Crippen molar-refractivity contribution in [2.75, 3.05) is 0 Å². The van der Waals surface area contributed by atoms with Crippen LogP contribution in [0.5, 0.6) is 0 Å². The number of aryl methyl sites for hydroxylation is 1. The van der Waals surface area contributed by atoms with Crippen molar-refractivity contribution in [3.8, 4) is 0 Å². The zero-order valence-corrected chi connectivity index (χ0v) is 17.3. The van der Waals surface area contributed by atoms with Crippen LogP contribution in [-0.2, 0) is 9.84 Å². The molecule has 7 nitrogen and oxygen atoms in total. The van der Waals surface area contributed by atoms with Gasteiger partial charge in [0.05, 0.1) is 16.0 Å². The number of aromatic amines is 1. The zero-order chi connectivity index (χ0) is 22.6. The molecule has 3 aromatic carbocycles. The number of para-hydroxylation sites is 1. The summed E-state index contributed by atoms with van der Waals surface area (Å²) in [7, 11) is -3.46. The largest absolute Gasteiger partial charge is 0.478 e. The van der Waals surface area contributed by atoms with Gasteiger partial charge in [-0.05, 0) is 55.0 Å². The fourth-order valence-corrected chi connectivity index (χ4v) is 4.24. The summed E-state index contributed by atoms with van der Waals surface area (Å²) in [5, 5.41) is 18.4. The maximum absolute atomic E-state index is 12.4. The highest BCUT2D eigenvalue weighted by molar-refractivity contribution is 7.91. The van der Waals surface area contributed by atoms with E-state index in [0.717, 1.165) is 17.0 Å². The molecule has 0 saturated carbocycles. The molecule has 3 N–H and O–H groups in total. The molecule has 0 saturated heterocycles. The van der Waals surface area contributed by atoms with Gasteiger partial charge in [-0.1, -0.05) is 36.4 Å². The summed E-state index contributed by atoms with van der Waals surface area (Å²) < 4.78 is 24.7. The topological polar surface area (TPSA) is 125 Å². The molecule has 1 heterocycles. The van der Waals surface area contributed by atoms with Crippen molar-refractivity contribution in [1.29, 1.82) is 0 Å². The molecular formula is C23H19NO6S. The highest BCUT2D eigenvalue weighted by Crippen LogP contribution is 2.23. The van der Waals surface area contributed by atoms with E-state index in [4.69, 9.17) is 10.2 Å². The summed E-state index contributed by atoms with van der Waals surface area (Å²) in [6, 6.07) is 21.6. The SMILES string of the molecule is Cc1cc(C(=O)O)cc(C(=O)O)c1.O=S(=O)(c1ccccc1)c1cc2ccccc2[nH]1. The molecule has 0 radical (unpaired) electrons. The van der Waals surface area contributed by atoms with Crippen LogP contribution in [0.15, 0.2) is 88.8 Å². The molecule has 8 heteroatoms. The van der Waals surface area contributed by atoms with Crippen molar-refractivity contribution in [3.63, 3.8) is 0 Å². The van der Waals surface area contributed by atoms with E-state index in [-0.39, 0.29) is 16.2 Å². The Morgan fingerprint density at radius 1 is 0.774 bits per heavy atom. The first-order valence-electron chi connectivity index (χ1n) is 9.14. The first kappa shape index (κ1) is 21.8. The summed E-state index contributed by atoms with van der Waals surface area (Å²) in [6.07, 6.45) is 0. The van der Waals surface area contributed by atoms with Gasteiger partial charge in [0.2, 0.25) is 9.84 Å². The van der Waals surface area contributed by atoms with Gasteiger partial charge in [0.1, 0.15) is 5.03 Å². The fraction of sp³-hybridized carbons (Fsp3) is 0.0435. The van der Waals surface area contributed by atoms with Crippen LogP contribution in [0.1, 0.15) is 26.3 Å². The molecule has 0 aliphatic carbocycles. The predicted octanol–water partition coefficient (Wildman–Crippen LogP) is 4.39. The lowest BCUT2D eigenvalue weighted by Gasteiger charge is -2.00. The molecule has 0 unspecified atom stereocenters. The molecular weight excluding hydrogens is 418 g/mol. The van der Waals surface area contributed by atoms with Crippen LogP contribution in [0.4, 0.5) is 0 Å². The number of carbonyl (C=O) groups is 2. The van der Waals surface area contributed by atoms with Crippen molar-refractivity contribution in [2.45, 2.75) is 16.8 Å². The number of H-pyrrole nitrogens is 1. The van der Waals surface area contributed by atoms with Gasteiger partial charge < -0.3 is 15.2 Å². The zero-order valence-electron chi connectivity index (χ0n) is 16.4. The number of carboxylic acids is 2. The van der Waals surface area contributed by atoms with Gasteiger partial charge >= 0.3 is 11.9 Å². The van der Waals surface area contributed by atoms with Crippen LogP contribution in [-0.4, -0.2) is 35.6 Å². The Morgan fingerprint density at radius 3 is 1.87 bits per heavy atom. The molecule has 4 rings (SSSR count). The van der Waals surface area contributed by atoms with E-state index >= 15 is 0 Å². The minimum absolute atomic E-state index is 0.00241. The summed E-state index contributed by atoms with van der Waals surface area (Å²) in [6.45, 7) is 1.65. The maximum atomic E-state index is 12.4. The Balaban J connectivity index is 0.000000187. The van der Waals surface area contributed by atoms with Crippen LogP contribution >= 0.6 is 0 Å². The highest BCUT2D eigenvalue weighted by atomic mass is 32.2. The number of nitrogens with one attached hydrogen (secondary N) is 1. The summed E-state index contributed by atoms with van der Waals surface area (Å²) in [5.41, 5.74) is 1.44. The van der Waals surface area contributed by atoms with E-state index in [9.17, 15) is 18.0 Å². The van der Waals surface area contributed by atoms with Crippen molar-refractivity contribution >= 4 is 32.7 Å². The van der Waals surface area contributed by atoms with Gasteiger partial charge in [-0.25, -0.2) is 18.0 Å². The Hall–Kier alpha value is -3.91. The van der Waals surface area contributed by atoms with Crippen molar-refractivity contribution in [1.82, 2.24) is 4.98 Å². The van der Waals surface area contributed by atoms with Gasteiger partial charge in [0.15, 0.2) is 0 Å². The van der Waals surface area contributed by atoms with E-state index < -0.39 is 21.8 Å². The third-order valence-corrected chi connectivity index (χ3v) is 6.11. The normalized spacial score (nSPS) is 10.9. The smallest absolute Gasteiger partial charge is 0.335 e. The van der Waals surface area contributed by atoms with Crippen LogP contribution in [0.2, 0.25) is 0 Å². The lowest BCUT2D eigenvalue weighted by molar-refractivity contribution is 0.0696. The van der Waals surface area contributed by atoms with Gasteiger partial charge in [0.25, 0.3) is 0 Å². The molecule has 31 heavy (non-hydrogen) atoms. The molecule has 0 aliphatic heterocycles. The van der Waals surface area contributed by atoms with Crippen LogP contribution in [0, 0.1) is 6.92 Å². The lowest BCUT2D eigenvalue weighted by atomic mass is 10.1. The van der Waals surface area contributed by atoms with Crippen LogP contribution < -0.4 is 0 Å². The average Bonchev–Trinajstić information content (AvgIpc) is 3.19. The number of hydrogen-bond donors (Lipinski definition) is 3. The van der Waals surface area contributed by atoms with Crippen molar-refractivity contribution in [2.24, 2.45) is 0 Å². The summed E-state index contributed by atoms with van der Waals surface area (Å²) >= 11 is 0. The fourth-order valence-electron chi connectivity index (χ4n) is 2.95. The monoisotopic (exact) mass is 437 g/mol. The molecule has 0 fully saturated rings. The minimum Gasteiger partial charge on any atom is -0.478 e. The third-order valence-electron chi connectivity index (χ3n) is 4.42. The highest BCUT2D eigenvalue weighted by Gasteiger charge is 2.19. The molecule has 0 atom stereocenters. The minimum atomic E-state index is -3.46. The molecule has 158 valence electrons. The molecule has 0 spiro atoms. The number of fused-ring (bicyclic) bond motifs is 1. The first-order valence-corrected chi connectivity index (χ1v) is 10.6. The van der Waals surface area contributed by atoms with E-state index in [2.05, 4.69) is 4.98 Å². The Morgan fingerprint density at radius 2 is 1.32 bits per heavy atom. The number of benzene rings is 3. The van der Waals surface area contributed by atoms with Crippen LogP contribution in [0.25, 0.3) is 10.9 Å². The maximum Gasteiger partial charge on any atom is 0.335 e. The third kappa shape index (κ3) is 4.99. The molecule has 0 aliphatic rings. The molecule has 0 amide bonds. The quantitative estimate of drug-likeness (QED) is 0.435. The van der Waals surface area contributed by atoms with Crippen LogP contribution in [0.3, 0.4) is 0 Å². The summed E-state index contributed by atoms with van der Waals surface area (Å²) in [4.78, 5) is 24.3. The Bertz CT molecular complexity index is 1290. The second-order valence-electron chi connectivity index (χ2n) is 6.74. The lowest BCUT2D eigenvalue weighted by Crippen LogP contribution is -2.02. The van der Waals surface area contributed by atoms with E-state index in [1.807, 2.05) is 24.3 Å². The Kier molecular flexibility index (Phi) is 6.22. The second kappa shape index (κ2) is 8.85. The molecule has 1 aromatic heterocycles. The number of hydrogen-bond acceptors (Lipinski definition) is 4. The second-order valence-corrected chi connectivity index (χ2v) is 8.65. The van der Waals surface area contributed by atoms with Gasteiger partial charge in [-0.2, -0.15) is 0 Å². The average molecular weight is 437 g/mol. The number of carboxylic acid groups (broad SMARTS) is 2. The van der Waals surface area contributed by atoms with Gasteiger partial charge in [-0.15, -0.1) is 0 Å². The van der Waals surface area contributed by atoms with E-state index in [0.29, 0.717) is 10.5 Å². The first-order chi connectivity index (χ1) is 14.7. The van der Waals surface area contributed by atoms with E-state index in [1.54, 1.807) is 43.3 Å².